The van der Waals surface area contributed by atoms with Gasteiger partial charge in [-0.1, -0.05) is 25.1 Å². The minimum absolute atomic E-state index is 0.103. The highest BCUT2D eigenvalue weighted by Crippen LogP contribution is 2.21. The van der Waals surface area contributed by atoms with E-state index in [-0.39, 0.29) is 18.5 Å². The lowest BCUT2D eigenvalue weighted by Gasteiger charge is -2.14. The molecule has 0 aliphatic rings. The summed E-state index contributed by atoms with van der Waals surface area (Å²) < 4.78 is 0. The van der Waals surface area contributed by atoms with E-state index in [1.807, 2.05) is 35.7 Å². The highest BCUT2D eigenvalue weighted by atomic mass is 32.1. The van der Waals surface area contributed by atoms with Crippen molar-refractivity contribution in [1.82, 2.24) is 15.3 Å². The highest BCUT2D eigenvalue weighted by Gasteiger charge is 2.12. The summed E-state index contributed by atoms with van der Waals surface area (Å²) in [6, 6.07) is 12.0. The average molecular weight is 314 g/mol. The molecular formula is C16H18N4OS. The first-order valence-electron chi connectivity index (χ1n) is 7.27. The molecule has 3 aromatic rings. The number of anilines is 1. The van der Waals surface area contributed by atoms with E-state index in [4.69, 9.17) is 0 Å². The molecule has 3 rings (SSSR count). The summed E-state index contributed by atoms with van der Waals surface area (Å²) in [5.74, 6) is 0.381. The standard InChI is InChI=1S/C16H18N4OS/c1-2-11(14-8-5-9-22-14)17-10-15(21)20-16-18-12-6-3-4-7-13(12)19-16/h3-9,11,17H,2,10H2,1H3,(H2,18,19,20,21). The second-order valence-corrected chi connectivity index (χ2v) is 5.99. The molecule has 0 radical (unpaired) electrons. The Morgan fingerprint density at radius 2 is 2.18 bits per heavy atom. The van der Waals surface area contributed by atoms with Crippen LogP contribution in [0.3, 0.4) is 0 Å². The van der Waals surface area contributed by atoms with E-state index in [1.54, 1.807) is 11.3 Å². The Morgan fingerprint density at radius 1 is 1.32 bits per heavy atom. The highest BCUT2D eigenvalue weighted by molar-refractivity contribution is 7.10. The van der Waals surface area contributed by atoms with E-state index in [1.165, 1.54) is 4.88 Å². The minimum atomic E-state index is -0.103. The zero-order chi connectivity index (χ0) is 15.4. The van der Waals surface area contributed by atoms with E-state index < -0.39 is 0 Å². The Hall–Kier alpha value is -2.18. The maximum atomic E-state index is 12.0. The van der Waals surface area contributed by atoms with Crippen LogP contribution in [0.25, 0.3) is 11.0 Å². The molecule has 2 aromatic heterocycles. The fraction of sp³-hybridized carbons (Fsp3) is 0.250. The summed E-state index contributed by atoms with van der Waals surface area (Å²) in [4.78, 5) is 20.7. The molecule has 1 aromatic carbocycles. The molecule has 2 heterocycles. The van der Waals surface area contributed by atoms with Crippen LogP contribution in [0.2, 0.25) is 0 Å². The number of nitrogens with one attached hydrogen (secondary N) is 3. The van der Waals surface area contributed by atoms with Crippen LogP contribution in [0.15, 0.2) is 41.8 Å². The Bertz CT molecular complexity index is 717. The number of carbonyl (C=O) groups excluding carboxylic acids is 1. The molecule has 1 amide bonds. The van der Waals surface area contributed by atoms with Gasteiger partial charge in [-0.15, -0.1) is 11.3 Å². The lowest BCUT2D eigenvalue weighted by Crippen LogP contribution is -2.31. The molecule has 5 nitrogen and oxygen atoms in total. The number of nitrogens with zero attached hydrogens (tertiary/aromatic N) is 1. The SMILES string of the molecule is CCC(NCC(=O)Nc1nc2ccccc2[nH]1)c1cccs1. The van der Waals surface area contributed by atoms with Crippen LogP contribution in [0.1, 0.15) is 24.3 Å². The lowest BCUT2D eigenvalue weighted by atomic mass is 10.2. The lowest BCUT2D eigenvalue weighted by molar-refractivity contribution is -0.115. The first-order valence-corrected chi connectivity index (χ1v) is 8.15. The second-order valence-electron chi connectivity index (χ2n) is 5.01. The number of amides is 1. The second kappa shape index (κ2) is 6.72. The third-order valence-electron chi connectivity index (χ3n) is 3.45. The number of rotatable bonds is 6. The normalized spacial score (nSPS) is 12.4. The Balaban J connectivity index is 1.58. The molecule has 1 atom stereocenters. The van der Waals surface area contributed by atoms with E-state index in [9.17, 15) is 4.79 Å². The number of para-hydroxylation sites is 2. The Kier molecular flexibility index (Phi) is 4.50. The molecular weight excluding hydrogens is 296 g/mol. The van der Waals surface area contributed by atoms with Crippen molar-refractivity contribution in [3.63, 3.8) is 0 Å². The smallest absolute Gasteiger partial charge is 0.240 e. The van der Waals surface area contributed by atoms with Crippen molar-refractivity contribution < 1.29 is 4.79 Å². The maximum absolute atomic E-state index is 12.0. The van der Waals surface area contributed by atoms with Gasteiger partial charge in [0.05, 0.1) is 17.6 Å². The van der Waals surface area contributed by atoms with Crippen LogP contribution in [-0.4, -0.2) is 22.4 Å². The molecule has 0 saturated carbocycles. The van der Waals surface area contributed by atoms with Gasteiger partial charge in [0, 0.05) is 10.9 Å². The number of aromatic nitrogens is 2. The van der Waals surface area contributed by atoms with Crippen molar-refractivity contribution in [2.45, 2.75) is 19.4 Å². The van der Waals surface area contributed by atoms with Gasteiger partial charge in [0.25, 0.3) is 0 Å². The first-order chi connectivity index (χ1) is 10.8. The number of H-pyrrole nitrogens is 1. The number of aromatic amines is 1. The van der Waals surface area contributed by atoms with Crippen molar-refractivity contribution in [3.8, 4) is 0 Å². The van der Waals surface area contributed by atoms with Gasteiger partial charge in [-0.2, -0.15) is 0 Å². The van der Waals surface area contributed by atoms with Crippen LogP contribution in [0, 0.1) is 0 Å². The van der Waals surface area contributed by atoms with Gasteiger partial charge in [0.15, 0.2) is 0 Å². The van der Waals surface area contributed by atoms with Gasteiger partial charge < -0.3 is 10.3 Å². The Morgan fingerprint density at radius 3 is 2.91 bits per heavy atom. The van der Waals surface area contributed by atoms with Gasteiger partial charge in [-0.05, 0) is 30.0 Å². The van der Waals surface area contributed by atoms with Crippen LogP contribution in [0.5, 0.6) is 0 Å². The monoisotopic (exact) mass is 314 g/mol. The van der Waals surface area contributed by atoms with Gasteiger partial charge in [0.2, 0.25) is 11.9 Å². The van der Waals surface area contributed by atoms with Crippen molar-refractivity contribution in [1.29, 1.82) is 0 Å². The number of hydrogen-bond donors (Lipinski definition) is 3. The first kappa shape index (κ1) is 14.7. The molecule has 0 saturated heterocycles. The molecule has 114 valence electrons. The fourth-order valence-corrected chi connectivity index (χ4v) is 3.23. The van der Waals surface area contributed by atoms with Crippen LogP contribution in [-0.2, 0) is 4.79 Å². The summed E-state index contributed by atoms with van der Waals surface area (Å²) >= 11 is 1.70. The van der Waals surface area contributed by atoms with Crippen molar-refractivity contribution in [2.75, 3.05) is 11.9 Å². The number of fused-ring (bicyclic) bond motifs is 1. The molecule has 0 aliphatic carbocycles. The van der Waals surface area contributed by atoms with Crippen LogP contribution in [0.4, 0.5) is 5.95 Å². The zero-order valence-electron chi connectivity index (χ0n) is 12.3. The number of imidazole rings is 1. The molecule has 3 N–H and O–H groups in total. The van der Waals surface area contributed by atoms with E-state index in [2.05, 4.69) is 33.6 Å². The molecule has 1 unspecified atom stereocenters. The summed E-state index contributed by atoms with van der Waals surface area (Å²) in [7, 11) is 0. The molecule has 6 heteroatoms. The minimum Gasteiger partial charge on any atom is -0.324 e. The van der Waals surface area contributed by atoms with Gasteiger partial charge >= 0.3 is 0 Å². The van der Waals surface area contributed by atoms with E-state index >= 15 is 0 Å². The van der Waals surface area contributed by atoms with E-state index in [0.717, 1.165) is 17.5 Å². The molecule has 0 aliphatic heterocycles. The summed E-state index contributed by atoms with van der Waals surface area (Å²) in [6.45, 7) is 2.36. The quantitative estimate of drug-likeness (QED) is 0.654. The third-order valence-corrected chi connectivity index (χ3v) is 4.44. The number of carbonyl (C=O) groups is 1. The summed E-state index contributed by atoms with van der Waals surface area (Å²) in [5, 5.41) is 8.12. The Labute approximate surface area is 132 Å². The van der Waals surface area contributed by atoms with E-state index in [0.29, 0.717) is 5.95 Å². The van der Waals surface area contributed by atoms with Crippen molar-refractivity contribution in [2.24, 2.45) is 0 Å². The van der Waals surface area contributed by atoms with Gasteiger partial charge in [0.1, 0.15) is 0 Å². The number of benzene rings is 1. The number of thiophene rings is 1. The van der Waals surface area contributed by atoms with Crippen LogP contribution < -0.4 is 10.6 Å². The predicted octanol–water partition coefficient (Wildman–Crippen LogP) is 3.30. The zero-order valence-corrected chi connectivity index (χ0v) is 13.1. The largest absolute Gasteiger partial charge is 0.324 e. The molecule has 0 fully saturated rings. The third kappa shape index (κ3) is 3.35. The summed E-state index contributed by atoms with van der Waals surface area (Å²) in [5.41, 5.74) is 1.76. The maximum Gasteiger partial charge on any atom is 0.240 e. The topological polar surface area (TPSA) is 69.8 Å². The summed E-state index contributed by atoms with van der Waals surface area (Å²) in [6.07, 6.45) is 0.943. The van der Waals surface area contributed by atoms with Crippen molar-refractivity contribution >= 4 is 34.2 Å². The molecule has 22 heavy (non-hydrogen) atoms. The average Bonchev–Trinajstić information content (AvgIpc) is 3.16. The van der Waals surface area contributed by atoms with Gasteiger partial charge in [-0.25, -0.2) is 4.98 Å². The number of hydrogen-bond acceptors (Lipinski definition) is 4. The molecule has 0 bridgehead atoms. The van der Waals surface area contributed by atoms with Gasteiger partial charge in [-0.3, -0.25) is 10.1 Å². The van der Waals surface area contributed by atoms with Crippen molar-refractivity contribution in [3.05, 3.63) is 46.7 Å². The van der Waals surface area contributed by atoms with Crippen LogP contribution >= 0.6 is 11.3 Å². The predicted molar refractivity (Wildman–Crippen MR) is 90.1 cm³/mol. The fourth-order valence-electron chi connectivity index (χ4n) is 2.34. The molecule has 0 spiro atoms.